The number of nitrogens with one attached hydrogen (secondary N) is 1. The quantitative estimate of drug-likeness (QED) is 0.639. The highest BCUT2D eigenvalue weighted by Crippen LogP contribution is 2.32. The van der Waals surface area contributed by atoms with Crippen LogP contribution in [0.1, 0.15) is 18.9 Å². The second kappa shape index (κ2) is 10.1. The van der Waals surface area contributed by atoms with E-state index in [1.165, 1.54) is 17.3 Å². The molecule has 1 fully saturated rings. The summed E-state index contributed by atoms with van der Waals surface area (Å²) in [5.74, 6) is 0.179. The SMILES string of the molecule is C=CCN1C(=O)[C@H](CC(=O)Nc2ccccc2OC)SC1=Nc1ccc(CC)cc1. The zero-order valence-electron chi connectivity index (χ0n) is 17.1. The molecule has 1 saturated heterocycles. The normalized spacial score (nSPS) is 17.3. The summed E-state index contributed by atoms with van der Waals surface area (Å²) in [5.41, 5.74) is 2.58. The van der Waals surface area contributed by atoms with E-state index in [4.69, 9.17) is 4.74 Å². The number of ether oxygens (including phenoxy) is 1. The second-order valence-electron chi connectivity index (χ2n) is 6.71. The minimum Gasteiger partial charge on any atom is -0.495 e. The van der Waals surface area contributed by atoms with Crippen molar-refractivity contribution in [2.75, 3.05) is 19.0 Å². The molecule has 0 aliphatic carbocycles. The van der Waals surface area contributed by atoms with Gasteiger partial charge in [-0.05, 0) is 36.2 Å². The first-order valence-corrected chi connectivity index (χ1v) is 10.6. The highest BCUT2D eigenvalue weighted by atomic mass is 32.2. The molecule has 0 saturated carbocycles. The Morgan fingerprint density at radius 1 is 1.27 bits per heavy atom. The minimum absolute atomic E-state index is 0.0446. The number of rotatable bonds is 8. The molecule has 1 N–H and O–H groups in total. The lowest BCUT2D eigenvalue weighted by molar-refractivity contribution is -0.127. The monoisotopic (exact) mass is 423 g/mol. The zero-order valence-corrected chi connectivity index (χ0v) is 17.9. The Bertz CT molecular complexity index is 956. The Labute approximate surface area is 181 Å². The van der Waals surface area contributed by atoms with Crippen LogP contribution in [0.2, 0.25) is 0 Å². The molecule has 3 rings (SSSR count). The molecule has 0 aromatic heterocycles. The fourth-order valence-electron chi connectivity index (χ4n) is 3.06. The van der Waals surface area contributed by atoms with Crippen molar-refractivity contribution in [3.8, 4) is 5.75 Å². The maximum atomic E-state index is 12.9. The molecule has 1 atom stereocenters. The molecular weight excluding hydrogens is 398 g/mol. The molecule has 156 valence electrons. The van der Waals surface area contributed by atoms with E-state index in [0.29, 0.717) is 23.1 Å². The van der Waals surface area contributed by atoms with Crippen LogP contribution in [0.4, 0.5) is 11.4 Å². The maximum absolute atomic E-state index is 12.9. The van der Waals surface area contributed by atoms with E-state index >= 15 is 0 Å². The van der Waals surface area contributed by atoms with Crippen LogP contribution in [0.25, 0.3) is 0 Å². The first-order valence-electron chi connectivity index (χ1n) is 9.75. The Hall–Kier alpha value is -3.06. The molecule has 0 unspecified atom stereocenters. The van der Waals surface area contributed by atoms with Gasteiger partial charge < -0.3 is 10.1 Å². The fraction of sp³-hybridized carbons (Fsp3) is 0.261. The van der Waals surface area contributed by atoms with E-state index in [2.05, 4.69) is 23.8 Å². The third-order valence-corrected chi connectivity index (χ3v) is 5.83. The van der Waals surface area contributed by atoms with E-state index < -0.39 is 5.25 Å². The van der Waals surface area contributed by atoms with Crippen molar-refractivity contribution in [1.82, 2.24) is 4.90 Å². The van der Waals surface area contributed by atoms with Gasteiger partial charge in [0, 0.05) is 13.0 Å². The van der Waals surface area contributed by atoms with Gasteiger partial charge in [-0.25, -0.2) is 4.99 Å². The van der Waals surface area contributed by atoms with Crippen LogP contribution in [0, 0.1) is 0 Å². The highest BCUT2D eigenvalue weighted by molar-refractivity contribution is 8.15. The summed E-state index contributed by atoms with van der Waals surface area (Å²) in [6.07, 6.45) is 2.66. The number of hydrogen-bond donors (Lipinski definition) is 1. The molecule has 2 aromatic rings. The predicted molar refractivity (Wildman–Crippen MR) is 122 cm³/mol. The van der Waals surface area contributed by atoms with Gasteiger partial charge >= 0.3 is 0 Å². The lowest BCUT2D eigenvalue weighted by Gasteiger charge is -2.14. The Morgan fingerprint density at radius 2 is 2.00 bits per heavy atom. The van der Waals surface area contributed by atoms with Crippen LogP contribution in [-0.2, 0) is 16.0 Å². The molecular formula is C23H25N3O3S. The first kappa shape index (κ1) is 21.6. The Balaban J connectivity index is 1.74. The lowest BCUT2D eigenvalue weighted by atomic mass is 10.2. The zero-order chi connectivity index (χ0) is 21.5. The summed E-state index contributed by atoms with van der Waals surface area (Å²) in [5, 5.41) is 2.87. The summed E-state index contributed by atoms with van der Waals surface area (Å²) in [6.45, 7) is 6.18. The summed E-state index contributed by atoms with van der Waals surface area (Å²) in [6, 6.07) is 15.1. The number of amides is 2. The number of anilines is 1. The van der Waals surface area contributed by atoms with Crippen molar-refractivity contribution < 1.29 is 14.3 Å². The van der Waals surface area contributed by atoms with Crippen LogP contribution in [0.15, 0.2) is 66.2 Å². The highest BCUT2D eigenvalue weighted by Gasteiger charge is 2.38. The average Bonchev–Trinajstić information content (AvgIpc) is 3.03. The van der Waals surface area contributed by atoms with Gasteiger partial charge in [-0.15, -0.1) is 6.58 Å². The van der Waals surface area contributed by atoms with Gasteiger partial charge in [0.05, 0.1) is 18.5 Å². The first-order chi connectivity index (χ1) is 14.5. The summed E-state index contributed by atoms with van der Waals surface area (Å²) >= 11 is 1.31. The van der Waals surface area contributed by atoms with E-state index in [-0.39, 0.29) is 18.2 Å². The third kappa shape index (κ3) is 5.10. The number of carbonyl (C=O) groups is 2. The van der Waals surface area contributed by atoms with Gasteiger partial charge in [-0.1, -0.05) is 49.0 Å². The number of thioether (sulfide) groups is 1. The van der Waals surface area contributed by atoms with E-state index in [1.54, 1.807) is 30.2 Å². The summed E-state index contributed by atoms with van der Waals surface area (Å²) in [7, 11) is 1.55. The fourth-order valence-corrected chi connectivity index (χ4v) is 4.22. The van der Waals surface area contributed by atoms with Crippen molar-refractivity contribution in [3.63, 3.8) is 0 Å². The van der Waals surface area contributed by atoms with Crippen molar-refractivity contribution in [1.29, 1.82) is 0 Å². The standard InChI is InChI=1S/C23H25N3O3S/c1-4-14-26-22(28)20(15-21(27)25-18-8-6-7-9-19(18)29-3)30-23(26)24-17-12-10-16(5-2)11-13-17/h4,6-13,20H,1,5,14-15H2,2-3H3,(H,25,27)/t20-/m0/s1. The van der Waals surface area contributed by atoms with Crippen LogP contribution in [0.3, 0.4) is 0 Å². The third-order valence-electron chi connectivity index (χ3n) is 4.65. The topological polar surface area (TPSA) is 71.0 Å². The number of aliphatic imine (C=N–C) groups is 1. The maximum Gasteiger partial charge on any atom is 0.242 e. The van der Waals surface area contributed by atoms with Gasteiger partial charge in [0.25, 0.3) is 0 Å². The smallest absolute Gasteiger partial charge is 0.242 e. The van der Waals surface area contributed by atoms with Crippen LogP contribution in [-0.4, -0.2) is 40.8 Å². The molecule has 0 bridgehead atoms. The number of amidine groups is 1. The molecule has 0 radical (unpaired) electrons. The van der Waals surface area contributed by atoms with E-state index in [0.717, 1.165) is 12.1 Å². The lowest BCUT2D eigenvalue weighted by Crippen LogP contribution is -2.33. The van der Waals surface area contributed by atoms with E-state index in [9.17, 15) is 9.59 Å². The van der Waals surface area contributed by atoms with E-state index in [1.807, 2.05) is 36.4 Å². The molecule has 1 aliphatic rings. The van der Waals surface area contributed by atoms with Gasteiger partial charge in [-0.3, -0.25) is 14.5 Å². The van der Waals surface area contributed by atoms with Gasteiger partial charge in [0.15, 0.2) is 5.17 Å². The van der Waals surface area contributed by atoms with Gasteiger partial charge in [0.1, 0.15) is 11.0 Å². The number of aryl methyl sites for hydroxylation is 1. The average molecular weight is 424 g/mol. The minimum atomic E-state index is -0.534. The van der Waals surface area contributed by atoms with Crippen molar-refractivity contribution in [2.45, 2.75) is 25.0 Å². The van der Waals surface area contributed by atoms with Crippen molar-refractivity contribution in [2.24, 2.45) is 4.99 Å². The van der Waals surface area contributed by atoms with Gasteiger partial charge in [0.2, 0.25) is 11.8 Å². The van der Waals surface area contributed by atoms with Crippen molar-refractivity contribution >= 4 is 40.1 Å². The molecule has 1 aliphatic heterocycles. The predicted octanol–water partition coefficient (Wildman–Crippen LogP) is 4.40. The number of para-hydroxylation sites is 2. The van der Waals surface area contributed by atoms with Crippen molar-refractivity contribution in [3.05, 3.63) is 66.7 Å². The molecule has 6 nitrogen and oxygen atoms in total. The summed E-state index contributed by atoms with van der Waals surface area (Å²) in [4.78, 5) is 31.7. The van der Waals surface area contributed by atoms with Crippen LogP contribution in [0.5, 0.6) is 5.75 Å². The molecule has 1 heterocycles. The van der Waals surface area contributed by atoms with Crippen LogP contribution >= 0.6 is 11.8 Å². The number of nitrogens with zero attached hydrogens (tertiary/aromatic N) is 2. The van der Waals surface area contributed by atoms with Gasteiger partial charge in [-0.2, -0.15) is 0 Å². The number of carbonyl (C=O) groups excluding carboxylic acids is 2. The molecule has 2 amide bonds. The molecule has 30 heavy (non-hydrogen) atoms. The molecule has 2 aromatic carbocycles. The Morgan fingerprint density at radius 3 is 2.67 bits per heavy atom. The molecule has 0 spiro atoms. The largest absolute Gasteiger partial charge is 0.495 e. The Kier molecular flexibility index (Phi) is 7.30. The number of hydrogen-bond acceptors (Lipinski definition) is 5. The number of methoxy groups -OCH3 is 1. The summed E-state index contributed by atoms with van der Waals surface area (Å²) < 4.78 is 5.26. The van der Waals surface area contributed by atoms with Crippen LogP contribution < -0.4 is 10.1 Å². The second-order valence-corrected chi connectivity index (χ2v) is 7.88. The molecule has 7 heteroatoms. The number of benzene rings is 2.